The maximum atomic E-state index is 12.1. The molecule has 192 valence electrons. The summed E-state index contributed by atoms with van der Waals surface area (Å²) < 4.78 is 25.8. The van der Waals surface area contributed by atoms with Crippen molar-refractivity contribution in [1.29, 1.82) is 0 Å². The first-order chi connectivity index (χ1) is 18.1. The third-order valence-electron chi connectivity index (χ3n) is 5.60. The highest BCUT2D eigenvalue weighted by molar-refractivity contribution is 7.90. The molecule has 1 amide bonds. The fourth-order valence-corrected chi connectivity index (χ4v) is 4.65. The minimum atomic E-state index is -3.39. The van der Waals surface area contributed by atoms with Gasteiger partial charge in [-0.05, 0) is 55.5 Å². The summed E-state index contributed by atoms with van der Waals surface area (Å²) in [5.41, 5.74) is 10.2. The van der Waals surface area contributed by atoms with E-state index in [1.54, 1.807) is 66.0 Å². The van der Waals surface area contributed by atoms with Gasteiger partial charge in [0, 0.05) is 36.2 Å². The van der Waals surface area contributed by atoms with Crippen molar-refractivity contribution in [3.8, 4) is 22.6 Å². The molecular weight excluding hydrogens is 504 g/mol. The van der Waals surface area contributed by atoms with Gasteiger partial charge in [0.05, 0.1) is 16.3 Å². The lowest BCUT2D eigenvalue weighted by atomic mass is 10.1. The van der Waals surface area contributed by atoms with E-state index in [-0.39, 0.29) is 10.8 Å². The van der Waals surface area contributed by atoms with Crippen LogP contribution in [0.5, 0.6) is 0 Å². The molecule has 0 atom stereocenters. The van der Waals surface area contributed by atoms with Gasteiger partial charge in [-0.2, -0.15) is 5.10 Å². The zero-order valence-electron chi connectivity index (χ0n) is 20.8. The van der Waals surface area contributed by atoms with Gasteiger partial charge in [-0.15, -0.1) is 0 Å². The average molecular weight is 529 g/mol. The Morgan fingerprint density at radius 3 is 2.34 bits per heavy atom. The summed E-state index contributed by atoms with van der Waals surface area (Å²) in [5, 5.41) is 10.8. The molecule has 3 aromatic heterocycles. The first-order valence-electron chi connectivity index (χ1n) is 11.5. The van der Waals surface area contributed by atoms with Gasteiger partial charge in [-0.3, -0.25) is 4.79 Å². The summed E-state index contributed by atoms with van der Waals surface area (Å²) in [4.78, 5) is 25.0. The normalized spacial score (nSPS) is 11.4. The average Bonchev–Trinajstić information content (AvgIpc) is 3.21. The van der Waals surface area contributed by atoms with Gasteiger partial charge < -0.3 is 16.4 Å². The number of aromatic nitrogens is 5. The summed E-state index contributed by atoms with van der Waals surface area (Å²) in [6.07, 6.45) is 1.17. The lowest BCUT2D eigenvalue weighted by Gasteiger charge is -2.10. The molecule has 0 fully saturated rings. The number of fused-ring (bicyclic) bond motifs is 1. The van der Waals surface area contributed by atoms with Crippen LogP contribution in [0.2, 0.25) is 0 Å². The molecule has 2 aromatic carbocycles. The molecule has 3 heterocycles. The molecule has 0 saturated heterocycles. The van der Waals surface area contributed by atoms with E-state index in [0.29, 0.717) is 51.4 Å². The Bertz CT molecular complexity index is 1780. The molecule has 0 radical (unpaired) electrons. The fraction of sp³-hybridized carbons (Fsp3) is 0.115. The van der Waals surface area contributed by atoms with Crippen molar-refractivity contribution >= 4 is 44.4 Å². The van der Waals surface area contributed by atoms with E-state index in [4.69, 9.17) is 15.8 Å². The standard InChI is InChI=1S/C26H24N8O3S/c1-15-28-22(14-23(27)29-15)25-26(31-19-9-7-18(8-10-19)30-16(2)35)32-24-12-11-21(33-34(24)25)17-5-4-6-20(13-17)38(3,36)37/h4-14,31H,1-3H3,(H,30,35)(H2,27,28,29). The molecular formula is C26H24N8O3S. The number of carbonyl (C=O) groups is 1. The van der Waals surface area contributed by atoms with Crippen molar-refractivity contribution in [2.75, 3.05) is 22.6 Å². The largest absolute Gasteiger partial charge is 0.384 e. The van der Waals surface area contributed by atoms with E-state index in [1.165, 1.54) is 13.2 Å². The van der Waals surface area contributed by atoms with Crippen LogP contribution in [0.3, 0.4) is 0 Å². The van der Waals surface area contributed by atoms with Crippen molar-refractivity contribution < 1.29 is 13.2 Å². The number of nitrogens with zero attached hydrogens (tertiary/aromatic N) is 5. The predicted octanol–water partition coefficient (Wildman–Crippen LogP) is 3.85. The van der Waals surface area contributed by atoms with E-state index < -0.39 is 9.84 Å². The Morgan fingerprint density at radius 1 is 0.921 bits per heavy atom. The van der Waals surface area contributed by atoms with Gasteiger partial charge in [0.1, 0.15) is 17.3 Å². The first kappa shape index (κ1) is 24.8. The molecule has 0 bridgehead atoms. The molecule has 38 heavy (non-hydrogen) atoms. The number of amides is 1. The number of carbonyl (C=O) groups excluding carboxylic acids is 1. The summed E-state index contributed by atoms with van der Waals surface area (Å²) >= 11 is 0. The summed E-state index contributed by atoms with van der Waals surface area (Å²) in [6, 6.07) is 19.0. The van der Waals surface area contributed by atoms with Crippen LogP contribution >= 0.6 is 0 Å². The van der Waals surface area contributed by atoms with Crippen LogP contribution in [0.25, 0.3) is 28.3 Å². The molecule has 4 N–H and O–H groups in total. The van der Waals surface area contributed by atoms with Crippen molar-refractivity contribution in [1.82, 2.24) is 24.6 Å². The third kappa shape index (κ3) is 5.15. The van der Waals surface area contributed by atoms with E-state index >= 15 is 0 Å². The van der Waals surface area contributed by atoms with Crippen molar-refractivity contribution in [2.45, 2.75) is 18.7 Å². The highest BCUT2D eigenvalue weighted by atomic mass is 32.2. The SMILES string of the molecule is CC(=O)Nc1ccc(Nc2nc3ccc(-c4cccc(S(C)(=O)=O)c4)nn3c2-c2cc(N)nc(C)n2)cc1. The maximum absolute atomic E-state index is 12.1. The lowest BCUT2D eigenvalue weighted by molar-refractivity contribution is -0.114. The Kier molecular flexibility index (Phi) is 6.25. The highest BCUT2D eigenvalue weighted by Crippen LogP contribution is 2.32. The van der Waals surface area contributed by atoms with Gasteiger partial charge in [0.25, 0.3) is 0 Å². The molecule has 0 saturated carbocycles. The summed E-state index contributed by atoms with van der Waals surface area (Å²) in [6.45, 7) is 3.19. The lowest BCUT2D eigenvalue weighted by Crippen LogP contribution is -2.05. The van der Waals surface area contributed by atoms with E-state index in [1.807, 2.05) is 12.1 Å². The molecule has 0 spiro atoms. The predicted molar refractivity (Wildman–Crippen MR) is 146 cm³/mol. The zero-order chi connectivity index (χ0) is 27.0. The minimum Gasteiger partial charge on any atom is -0.384 e. The molecule has 12 heteroatoms. The van der Waals surface area contributed by atoms with Gasteiger partial charge in [-0.1, -0.05) is 12.1 Å². The van der Waals surface area contributed by atoms with Gasteiger partial charge in [0.2, 0.25) is 5.91 Å². The number of aryl methyl sites for hydroxylation is 1. The Hall–Kier alpha value is -4.84. The van der Waals surface area contributed by atoms with Crippen molar-refractivity contribution in [2.24, 2.45) is 0 Å². The van der Waals surface area contributed by atoms with Gasteiger partial charge >= 0.3 is 0 Å². The Morgan fingerprint density at radius 2 is 1.66 bits per heavy atom. The second-order valence-corrected chi connectivity index (χ2v) is 10.7. The van der Waals surface area contributed by atoms with Crippen LogP contribution in [0, 0.1) is 6.92 Å². The van der Waals surface area contributed by atoms with E-state index in [2.05, 4.69) is 20.6 Å². The van der Waals surface area contributed by atoms with E-state index in [9.17, 15) is 13.2 Å². The van der Waals surface area contributed by atoms with Gasteiger partial charge in [0.15, 0.2) is 21.3 Å². The summed E-state index contributed by atoms with van der Waals surface area (Å²) in [7, 11) is -3.39. The van der Waals surface area contributed by atoms with Crippen LogP contribution in [0.1, 0.15) is 12.7 Å². The number of benzene rings is 2. The second kappa shape index (κ2) is 9.56. The minimum absolute atomic E-state index is 0.158. The van der Waals surface area contributed by atoms with Crippen molar-refractivity contribution in [3.05, 3.63) is 72.6 Å². The number of hydrogen-bond donors (Lipinski definition) is 3. The van der Waals surface area contributed by atoms with E-state index in [0.717, 1.165) is 5.69 Å². The van der Waals surface area contributed by atoms with Crippen LogP contribution in [0.15, 0.2) is 71.6 Å². The monoisotopic (exact) mass is 528 g/mol. The number of hydrogen-bond acceptors (Lipinski definition) is 9. The molecule has 0 aliphatic heterocycles. The molecule has 11 nitrogen and oxygen atoms in total. The highest BCUT2D eigenvalue weighted by Gasteiger charge is 2.19. The third-order valence-corrected chi connectivity index (χ3v) is 6.71. The number of nitrogens with two attached hydrogens (primary N) is 1. The van der Waals surface area contributed by atoms with Crippen LogP contribution in [-0.4, -0.2) is 45.1 Å². The molecule has 5 aromatic rings. The number of anilines is 4. The molecule has 0 aliphatic carbocycles. The Labute approximate surface area is 218 Å². The molecule has 5 rings (SSSR count). The smallest absolute Gasteiger partial charge is 0.221 e. The maximum Gasteiger partial charge on any atom is 0.221 e. The van der Waals surface area contributed by atoms with Gasteiger partial charge in [-0.25, -0.2) is 27.9 Å². The summed E-state index contributed by atoms with van der Waals surface area (Å²) in [5.74, 6) is 1.10. The zero-order valence-corrected chi connectivity index (χ0v) is 21.6. The van der Waals surface area contributed by atoms with Crippen LogP contribution < -0.4 is 16.4 Å². The number of rotatable bonds is 6. The second-order valence-electron chi connectivity index (χ2n) is 8.71. The molecule has 0 aliphatic rings. The number of nitrogen functional groups attached to an aromatic ring is 1. The quantitative estimate of drug-likeness (QED) is 0.298. The topological polar surface area (TPSA) is 157 Å². The van der Waals surface area contributed by atoms with Crippen LogP contribution in [0.4, 0.5) is 23.0 Å². The van der Waals surface area contributed by atoms with Crippen LogP contribution in [-0.2, 0) is 14.6 Å². The Balaban J connectivity index is 1.65. The fourth-order valence-electron chi connectivity index (χ4n) is 3.98. The molecule has 0 unspecified atom stereocenters. The number of imidazole rings is 1. The van der Waals surface area contributed by atoms with Crippen molar-refractivity contribution in [3.63, 3.8) is 0 Å². The number of sulfone groups is 1. The first-order valence-corrected chi connectivity index (χ1v) is 13.4. The number of nitrogens with one attached hydrogen (secondary N) is 2.